The molecule has 0 saturated heterocycles. The number of hydrogen-bond acceptors (Lipinski definition) is 3. The third-order valence-electron chi connectivity index (χ3n) is 2.57. The molecule has 1 rings (SSSR count). The van der Waals surface area contributed by atoms with Crippen LogP contribution in [0.5, 0.6) is 0 Å². The second-order valence-electron chi connectivity index (χ2n) is 4.27. The summed E-state index contributed by atoms with van der Waals surface area (Å²) >= 11 is 5.79. The van der Waals surface area contributed by atoms with Gasteiger partial charge < -0.3 is 16.2 Å². The lowest BCUT2D eigenvalue weighted by Gasteiger charge is -2.13. The molecule has 1 atom stereocenters. The van der Waals surface area contributed by atoms with Gasteiger partial charge in [-0.15, -0.1) is 0 Å². The van der Waals surface area contributed by atoms with E-state index in [1.165, 1.54) is 0 Å². The molecule has 0 heterocycles. The molecule has 6 nitrogen and oxygen atoms in total. The number of nitrogens with one attached hydrogen (secondary N) is 1. The van der Waals surface area contributed by atoms with Crippen molar-refractivity contribution in [1.29, 1.82) is 0 Å². The first-order chi connectivity index (χ1) is 9.38. The minimum atomic E-state index is -1.20. The lowest BCUT2D eigenvalue weighted by atomic mass is 10.1. The van der Waals surface area contributed by atoms with Crippen LogP contribution in [-0.4, -0.2) is 28.9 Å². The average Bonchev–Trinajstić information content (AvgIpc) is 2.33. The van der Waals surface area contributed by atoms with Crippen molar-refractivity contribution in [3.63, 3.8) is 0 Å². The number of nitrogens with two attached hydrogens (primary N) is 1. The summed E-state index contributed by atoms with van der Waals surface area (Å²) < 4.78 is 0. The summed E-state index contributed by atoms with van der Waals surface area (Å²) in [5.41, 5.74) is 5.63. The van der Waals surface area contributed by atoms with E-state index in [0.29, 0.717) is 10.6 Å². The van der Waals surface area contributed by atoms with Gasteiger partial charge in [0.1, 0.15) is 6.04 Å². The fourth-order valence-corrected chi connectivity index (χ4v) is 1.83. The van der Waals surface area contributed by atoms with Crippen molar-refractivity contribution < 1.29 is 19.5 Å². The van der Waals surface area contributed by atoms with E-state index in [1.807, 2.05) is 0 Å². The zero-order chi connectivity index (χ0) is 15.1. The number of aliphatic carboxylic acids is 1. The van der Waals surface area contributed by atoms with E-state index >= 15 is 0 Å². The molecule has 0 spiro atoms. The molecule has 0 aliphatic carbocycles. The first kappa shape index (κ1) is 16.0. The fraction of sp³-hybridized carbons (Fsp3) is 0.308. The lowest BCUT2D eigenvalue weighted by molar-refractivity contribution is -0.142. The van der Waals surface area contributed by atoms with E-state index in [1.54, 1.807) is 24.3 Å². The number of carbonyl (C=O) groups is 3. The van der Waals surface area contributed by atoms with Gasteiger partial charge in [0.15, 0.2) is 0 Å². The molecule has 0 unspecified atom stereocenters. The molecule has 0 aliphatic rings. The summed E-state index contributed by atoms with van der Waals surface area (Å²) in [5.74, 6) is -2.27. The van der Waals surface area contributed by atoms with Crippen molar-refractivity contribution in [2.75, 3.05) is 0 Å². The Kier molecular flexibility index (Phi) is 5.99. The summed E-state index contributed by atoms with van der Waals surface area (Å²) in [4.78, 5) is 33.4. The van der Waals surface area contributed by atoms with Crippen LogP contribution in [0.3, 0.4) is 0 Å². The highest BCUT2D eigenvalue weighted by Gasteiger charge is 2.20. The zero-order valence-corrected chi connectivity index (χ0v) is 11.4. The smallest absolute Gasteiger partial charge is 0.326 e. The quantitative estimate of drug-likeness (QED) is 0.689. The zero-order valence-electron chi connectivity index (χ0n) is 10.6. The van der Waals surface area contributed by atoms with Crippen LogP contribution in [0.15, 0.2) is 24.3 Å². The number of carboxylic acid groups (broad SMARTS) is 1. The average molecular weight is 299 g/mol. The molecule has 0 bridgehead atoms. The van der Waals surface area contributed by atoms with Crippen LogP contribution in [0.25, 0.3) is 0 Å². The first-order valence-electron chi connectivity index (χ1n) is 5.93. The number of primary amides is 1. The van der Waals surface area contributed by atoms with Gasteiger partial charge in [0.25, 0.3) is 0 Å². The number of carbonyl (C=O) groups excluding carboxylic acids is 2. The van der Waals surface area contributed by atoms with Gasteiger partial charge in [-0.2, -0.15) is 0 Å². The standard InChI is InChI=1S/C13H15ClN2O4/c14-9-3-1-2-8(6-9)7-12(18)16-10(13(19)20)4-5-11(15)17/h1-3,6,10H,4-5,7H2,(H2,15,17)(H,16,18)(H,19,20)/t10-/m1/s1. The summed E-state index contributed by atoms with van der Waals surface area (Å²) in [6.45, 7) is 0. The summed E-state index contributed by atoms with van der Waals surface area (Å²) in [7, 11) is 0. The number of carboxylic acids is 1. The van der Waals surface area contributed by atoms with Crippen molar-refractivity contribution in [3.05, 3.63) is 34.9 Å². The molecule has 20 heavy (non-hydrogen) atoms. The van der Waals surface area contributed by atoms with Gasteiger partial charge in [-0.25, -0.2) is 4.79 Å². The molecule has 0 radical (unpaired) electrons. The summed E-state index contributed by atoms with van der Waals surface area (Å²) in [6.07, 6.45) is -0.124. The van der Waals surface area contributed by atoms with E-state index in [2.05, 4.69) is 5.32 Å². The molecule has 1 aromatic rings. The molecular weight excluding hydrogens is 284 g/mol. The molecule has 0 aliphatic heterocycles. The number of amides is 2. The lowest BCUT2D eigenvalue weighted by Crippen LogP contribution is -2.42. The Hall–Kier alpha value is -2.08. The fourth-order valence-electron chi connectivity index (χ4n) is 1.62. The number of halogens is 1. The van der Waals surface area contributed by atoms with E-state index in [4.69, 9.17) is 22.4 Å². The molecular formula is C13H15ClN2O4. The maximum Gasteiger partial charge on any atom is 0.326 e. The molecule has 7 heteroatoms. The van der Waals surface area contributed by atoms with Gasteiger partial charge in [-0.3, -0.25) is 9.59 Å². The first-order valence-corrected chi connectivity index (χ1v) is 6.31. The van der Waals surface area contributed by atoms with E-state index in [9.17, 15) is 14.4 Å². The molecule has 4 N–H and O–H groups in total. The molecule has 0 aromatic heterocycles. The Balaban J connectivity index is 2.57. The maximum atomic E-state index is 11.7. The van der Waals surface area contributed by atoms with E-state index < -0.39 is 23.8 Å². The SMILES string of the molecule is NC(=O)CC[C@@H](NC(=O)Cc1cccc(Cl)c1)C(=O)O. The molecule has 2 amide bonds. The van der Waals surface area contributed by atoms with Crippen LogP contribution in [0.2, 0.25) is 5.02 Å². The Morgan fingerprint density at radius 1 is 1.35 bits per heavy atom. The summed E-state index contributed by atoms with van der Waals surface area (Å²) in [6, 6.07) is 5.59. The van der Waals surface area contributed by atoms with Gasteiger partial charge in [0, 0.05) is 11.4 Å². The minimum Gasteiger partial charge on any atom is -0.480 e. The van der Waals surface area contributed by atoms with Gasteiger partial charge >= 0.3 is 5.97 Å². The van der Waals surface area contributed by atoms with Crippen molar-refractivity contribution >= 4 is 29.4 Å². The monoisotopic (exact) mass is 298 g/mol. The predicted octanol–water partition coefficient (Wildman–Crippen LogP) is 0.717. The van der Waals surface area contributed by atoms with Gasteiger partial charge in [0.05, 0.1) is 6.42 Å². The second kappa shape index (κ2) is 7.49. The van der Waals surface area contributed by atoms with Crippen LogP contribution >= 0.6 is 11.6 Å². The van der Waals surface area contributed by atoms with Gasteiger partial charge in [-0.05, 0) is 24.1 Å². The highest BCUT2D eigenvalue weighted by molar-refractivity contribution is 6.30. The number of hydrogen-bond donors (Lipinski definition) is 3. The summed E-state index contributed by atoms with van der Waals surface area (Å²) in [5, 5.41) is 11.8. The van der Waals surface area contributed by atoms with Crippen molar-refractivity contribution in [3.8, 4) is 0 Å². The van der Waals surface area contributed by atoms with Crippen molar-refractivity contribution in [2.24, 2.45) is 5.73 Å². The molecule has 0 saturated carbocycles. The van der Waals surface area contributed by atoms with Crippen LogP contribution in [0.4, 0.5) is 0 Å². The Bertz CT molecular complexity index is 519. The minimum absolute atomic E-state index is 0.0148. The van der Waals surface area contributed by atoms with E-state index in [-0.39, 0.29) is 19.3 Å². The number of benzene rings is 1. The largest absolute Gasteiger partial charge is 0.480 e. The maximum absolute atomic E-state index is 11.7. The highest BCUT2D eigenvalue weighted by atomic mass is 35.5. The van der Waals surface area contributed by atoms with Crippen LogP contribution < -0.4 is 11.1 Å². The topological polar surface area (TPSA) is 109 Å². The Labute approximate surface area is 120 Å². The molecule has 0 fully saturated rings. The van der Waals surface area contributed by atoms with Crippen LogP contribution in [-0.2, 0) is 20.8 Å². The second-order valence-corrected chi connectivity index (χ2v) is 4.71. The third-order valence-corrected chi connectivity index (χ3v) is 2.80. The van der Waals surface area contributed by atoms with Gasteiger partial charge in [0.2, 0.25) is 11.8 Å². The van der Waals surface area contributed by atoms with Crippen LogP contribution in [0.1, 0.15) is 18.4 Å². The molecule has 1 aromatic carbocycles. The molecule has 108 valence electrons. The van der Waals surface area contributed by atoms with Crippen molar-refractivity contribution in [2.45, 2.75) is 25.3 Å². The number of rotatable bonds is 7. The van der Waals surface area contributed by atoms with E-state index in [0.717, 1.165) is 0 Å². The predicted molar refractivity (Wildman–Crippen MR) is 73.2 cm³/mol. The van der Waals surface area contributed by atoms with Crippen molar-refractivity contribution in [1.82, 2.24) is 5.32 Å². The third kappa shape index (κ3) is 5.71. The Morgan fingerprint density at radius 3 is 2.60 bits per heavy atom. The highest BCUT2D eigenvalue weighted by Crippen LogP contribution is 2.11. The Morgan fingerprint density at radius 2 is 2.05 bits per heavy atom. The van der Waals surface area contributed by atoms with Crippen LogP contribution in [0, 0.1) is 0 Å². The van der Waals surface area contributed by atoms with Gasteiger partial charge in [-0.1, -0.05) is 23.7 Å². The normalized spacial score (nSPS) is 11.7.